The van der Waals surface area contributed by atoms with Crippen LogP contribution in [0.25, 0.3) is 0 Å². The van der Waals surface area contributed by atoms with E-state index in [1.54, 1.807) is 22.6 Å². The number of anilines is 2. The molecule has 0 radical (unpaired) electrons. The number of nitrogens with two attached hydrogens (primary N) is 1. The predicted molar refractivity (Wildman–Crippen MR) is 80.7 cm³/mol. The van der Waals surface area contributed by atoms with E-state index in [-0.39, 0.29) is 9.26 Å². The fourth-order valence-corrected chi connectivity index (χ4v) is 3.49. The third kappa shape index (κ3) is 3.23. The van der Waals surface area contributed by atoms with Crippen LogP contribution in [-0.4, -0.2) is 8.42 Å². The molecule has 0 aromatic heterocycles. The molecule has 2 rings (SSSR count). The van der Waals surface area contributed by atoms with Gasteiger partial charge in [-0.1, -0.05) is 0 Å². The molecule has 4 nitrogen and oxygen atoms in total. The molecule has 3 N–H and O–H groups in total. The SMILES string of the molecule is Nc1c(F)ccc(S(=O)(=O)Nc2ccc(F)cc2I)c1F. The standard InChI is InChI=1S/C12H8F3IN2O2S/c13-6-1-3-9(8(16)5-6)18-21(19,20)10-4-2-7(14)12(17)11(10)15/h1-5,18H,17H2. The van der Waals surface area contributed by atoms with E-state index < -0.39 is 38.1 Å². The molecule has 0 unspecified atom stereocenters. The molecular formula is C12H8F3IN2O2S. The molecule has 9 heteroatoms. The largest absolute Gasteiger partial charge is 0.394 e. The van der Waals surface area contributed by atoms with E-state index in [0.717, 1.165) is 24.3 Å². The maximum atomic E-state index is 13.8. The second kappa shape index (κ2) is 5.72. The quantitative estimate of drug-likeness (QED) is 0.583. The van der Waals surface area contributed by atoms with E-state index >= 15 is 0 Å². The van der Waals surface area contributed by atoms with Gasteiger partial charge in [0.05, 0.1) is 5.69 Å². The highest BCUT2D eigenvalue weighted by molar-refractivity contribution is 14.1. The second-order valence-electron chi connectivity index (χ2n) is 4.00. The lowest BCUT2D eigenvalue weighted by Gasteiger charge is -2.11. The van der Waals surface area contributed by atoms with E-state index in [9.17, 15) is 21.6 Å². The summed E-state index contributed by atoms with van der Waals surface area (Å²) in [5.41, 5.74) is 4.32. The Morgan fingerprint density at radius 1 is 1.10 bits per heavy atom. The molecule has 0 aliphatic carbocycles. The van der Waals surface area contributed by atoms with Crippen LogP contribution in [0.3, 0.4) is 0 Å². The normalized spacial score (nSPS) is 11.4. The number of hydrogen-bond donors (Lipinski definition) is 2. The van der Waals surface area contributed by atoms with Gasteiger partial charge in [0.25, 0.3) is 10.0 Å². The Balaban J connectivity index is 2.46. The van der Waals surface area contributed by atoms with Crippen LogP contribution >= 0.6 is 22.6 Å². The molecule has 0 spiro atoms. The summed E-state index contributed by atoms with van der Waals surface area (Å²) in [6.07, 6.45) is 0. The average molecular weight is 428 g/mol. The van der Waals surface area contributed by atoms with Gasteiger partial charge in [0.1, 0.15) is 22.2 Å². The third-order valence-electron chi connectivity index (χ3n) is 2.56. The Labute approximate surface area is 132 Å². The van der Waals surface area contributed by atoms with E-state index in [0.29, 0.717) is 0 Å². The highest BCUT2D eigenvalue weighted by Crippen LogP contribution is 2.26. The van der Waals surface area contributed by atoms with Gasteiger partial charge < -0.3 is 5.73 Å². The van der Waals surface area contributed by atoms with E-state index in [1.165, 1.54) is 6.07 Å². The molecule has 0 atom stereocenters. The topological polar surface area (TPSA) is 72.2 Å². The summed E-state index contributed by atoms with van der Waals surface area (Å²) in [6.45, 7) is 0. The summed E-state index contributed by atoms with van der Waals surface area (Å²) >= 11 is 1.72. The number of halogens is 4. The van der Waals surface area contributed by atoms with Crippen molar-refractivity contribution >= 4 is 44.0 Å². The summed E-state index contributed by atoms with van der Waals surface area (Å²) in [6, 6.07) is 4.87. The van der Waals surface area contributed by atoms with Crippen molar-refractivity contribution in [3.63, 3.8) is 0 Å². The molecular weight excluding hydrogens is 420 g/mol. The second-order valence-corrected chi connectivity index (χ2v) is 6.82. The summed E-state index contributed by atoms with van der Waals surface area (Å²) in [7, 11) is -4.32. The monoisotopic (exact) mass is 428 g/mol. The molecule has 2 aromatic carbocycles. The van der Waals surface area contributed by atoms with Crippen LogP contribution in [0.15, 0.2) is 35.2 Å². The van der Waals surface area contributed by atoms with Crippen molar-refractivity contribution in [2.75, 3.05) is 10.5 Å². The molecule has 0 heterocycles. The molecule has 0 saturated heterocycles. The molecule has 0 amide bonds. The van der Waals surface area contributed by atoms with Crippen molar-refractivity contribution in [3.05, 3.63) is 51.4 Å². The number of rotatable bonds is 3. The summed E-state index contributed by atoms with van der Waals surface area (Å²) < 4.78 is 66.4. The number of benzene rings is 2. The van der Waals surface area contributed by atoms with E-state index in [2.05, 4.69) is 4.72 Å². The van der Waals surface area contributed by atoms with Gasteiger partial charge >= 0.3 is 0 Å². The minimum atomic E-state index is -4.32. The Morgan fingerprint density at radius 3 is 2.38 bits per heavy atom. The fourth-order valence-electron chi connectivity index (χ4n) is 1.53. The zero-order valence-electron chi connectivity index (χ0n) is 10.2. The van der Waals surface area contributed by atoms with Gasteiger partial charge in [0.2, 0.25) is 0 Å². The van der Waals surface area contributed by atoms with Crippen molar-refractivity contribution in [1.82, 2.24) is 0 Å². The predicted octanol–water partition coefficient (Wildman–Crippen LogP) is 3.09. The van der Waals surface area contributed by atoms with Gasteiger partial charge in [-0.3, -0.25) is 4.72 Å². The van der Waals surface area contributed by atoms with Crippen molar-refractivity contribution in [2.24, 2.45) is 0 Å². The Morgan fingerprint density at radius 2 is 1.76 bits per heavy atom. The highest BCUT2D eigenvalue weighted by atomic mass is 127. The molecule has 21 heavy (non-hydrogen) atoms. The van der Waals surface area contributed by atoms with Crippen molar-refractivity contribution in [1.29, 1.82) is 0 Å². The average Bonchev–Trinajstić information content (AvgIpc) is 2.39. The Hall–Kier alpha value is -1.49. The lowest BCUT2D eigenvalue weighted by Crippen LogP contribution is -2.16. The van der Waals surface area contributed by atoms with Gasteiger partial charge in [-0.15, -0.1) is 0 Å². The molecule has 112 valence electrons. The van der Waals surface area contributed by atoms with E-state index in [4.69, 9.17) is 5.73 Å². The molecule has 0 fully saturated rings. The van der Waals surface area contributed by atoms with E-state index in [1.807, 2.05) is 0 Å². The van der Waals surface area contributed by atoms with Crippen LogP contribution in [-0.2, 0) is 10.0 Å². The molecule has 0 aliphatic heterocycles. The number of nitrogens with one attached hydrogen (secondary N) is 1. The van der Waals surface area contributed by atoms with Crippen LogP contribution in [0, 0.1) is 21.0 Å². The minimum Gasteiger partial charge on any atom is -0.394 e. The van der Waals surface area contributed by atoms with Crippen LogP contribution in [0.4, 0.5) is 24.5 Å². The first-order chi connectivity index (χ1) is 9.72. The molecule has 0 saturated carbocycles. The first kappa shape index (κ1) is 15.9. The Bertz CT molecular complexity index is 812. The van der Waals surface area contributed by atoms with Gasteiger partial charge in [-0.2, -0.15) is 0 Å². The summed E-state index contributed by atoms with van der Waals surface area (Å²) in [5, 5.41) is 0. The summed E-state index contributed by atoms with van der Waals surface area (Å²) in [4.78, 5) is -0.790. The van der Waals surface area contributed by atoms with Gasteiger partial charge in [-0.05, 0) is 52.9 Å². The first-order valence-corrected chi connectivity index (χ1v) is 8.00. The van der Waals surface area contributed by atoms with Crippen molar-refractivity contribution in [2.45, 2.75) is 4.90 Å². The molecule has 0 aliphatic rings. The zero-order chi connectivity index (χ0) is 15.8. The Kier molecular flexibility index (Phi) is 4.33. The maximum absolute atomic E-state index is 13.8. The van der Waals surface area contributed by atoms with Crippen LogP contribution in [0.1, 0.15) is 0 Å². The third-order valence-corrected chi connectivity index (χ3v) is 4.83. The molecule has 0 bridgehead atoms. The lowest BCUT2D eigenvalue weighted by atomic mass is 10.3. The van der Waals surface area contributed by atoms with Gasteiger partial charge in [-0.25, -0.2) is 21.6 Å². The lowest BCUT2D eigenvalue weighted by molar-refractivity contribution is 0.557. The number of nitrogen functional groups attached to an aromatic ring is 1. The van der Waals surface area contributed by atoms with Crippen molar-refractivity contribution < 1.29 is 21.6 Å². The van der Waals surface area contributed by atoms with Gasteiger partial charge in [0, 0.05) is 3.57 Å². The van der Waals surface area contributed by atoms with Gasteiger partial charge in [0.15, 0.2) is 5.82 Å². The number of sulfonamides is 1. The maximum Gasteiger partial charge on any atom is 0.264 e. The smallest absolute Gasteiger partial charge is 0.264 e. The fraction of sp³-hybridized carbons (Fsp3) is 0. The zero-order valence-corrected chi connectivity index (χ0v) is 13.2. The van der Waals surface area contributed by atoms with Crippen LogP contribution in [0.5, 0.6) is 0 Å². The summed E-state index contributed by atoms with van der Waals surface area (Å²) in [5.74, 6) is -2.97. The van der Waals surface area contributed by atoms with Crippen LogP contribution in [0.2, 0.25) is 0 Å². The first-order valence-electron chi connectivity index (χ1n) is 5.43. The molecule has 2 aromatic rings. The van der Waals surface area contributed by atoms with Crippen molar-refractivity contribution in [3.8, 4) is 0 Å². The number of hydrogen-bond acceptors (Lipinski definition) is 3. The highest BCUT2D eigenvalue weighted by Gasteiger charge is 2.23. The van der Waals surface area contributed by atoms with Crippen LogP contribution < -0.4 is 10.5 Å². The minimum absolute atomic E-state index is 0.0688.